The van der Waals surface area contributed by atoms with Gasteiger partial charge in [-0.1, -0.05) is 23.1 Å². The highest BCUT2D eigenvalue weighted by Gasteiger charge is 2.48. The summed E-state index contributed by atoms with van der Waals surface area (Å²) in [5.74, 6) is -0.407. The average molecular weight is 421 g/mol. The molecule has 28 heavy (non-hydrogen) atoms. The normalized spacial score (nSPS) is 21.4. The maximum Gasteiger partial charge on any atom is 0.206 e. The van der Waals surface area contributed by atoms with E-state index in [0.29, 0.717) is 27.5 Å². The first kappa shape index (κ1) is 19.1. The molecule has 0 radical (unpaired) electrons. The van der Waals surface area contributed by atoms with Gasteiger partial charge in [0.15, 0.2) is 10.2 Å². The lowest BCUT2D eigenvalue weighted by Gasteiger charge is -2.43. The summed E-state index contributed by atoms with van der Waals surface area (Å²) in [5.41, 5.74) is 1.28. The van der Waals surface area contributed by atoms with E-state index in [1.807, 2.05) is 13.2 Å². The van der Waals surface area contributed by atoms with Gasteiger partial charge in [-0.15, -0.1) is 10.2 Å². The zero-order chi connectivity index (χ0) is 19.7. The third kappa shape index (κ3) is 3.58. The average Bonchev–Trinajstić information content (AvgIpc) is 3.14. The van der Waals surface area contributed by atoms with E-state index in [1.54, 1.807) is 6.20 Å². The molecule has 10 heteroatoms. The molecule has 3 heterocycles. The summed E-state index contributed by atoms with van der Waals surface area (Å²) in [5, 5.41) is 13.5. The van der Waals surface area contributed by atoms with E-state index in [1.165, 1.54) is 41.4 Å². The summed E-state index contributed by atoms with van der Waals surface area (Å²) in [6.07, 6.45) is 4.74. The van der Waals surface area contributed by atoms with Crippen molar-refractivity contribution in [2.24, 2.45) is 0 Å². The van der Waals surface area contributed by atoms with Crippen LogP contribution in [0.2, 0.25) is 0 Å². The van der Waals surface area contributed by atoms with Crippen LogP contribution in [0.4, 0.5) is 13.9 Å². The number of aromatic nitrogens is 5. The number of hydrogen-bond acceptors (Lipinski definition) is 8. The molecular formula is C18H18F2N6S2. The van der Waals surface area contributed by atoms with Gasteiger partial charge in [0.1, 0.15) is 17.7 Å². The lowest BCUT2D eigenvalue weighted by molar-refractivity contribution is 0.0965. The molecule has 1 N–H and O–H groups in total. The molecule has 3 aromatic rings. The van der Waals surface area contributed by atoms with Crippen molar-refractivity contribution in [2.75, 3.05) is 18.1 Å². The van der Waals surface area contributed by atoms with E-state index < -0.39 is 17.4 Å². The van der Waals surface area contributed by atoms with Crippen molar-refractivity contribution in [3.05, 3.63) is 41.6 Å². The standard InChI is InChI=1S/C18H18F2N6S2/c1-10-8-22-16(27-2)24-13(10)15-25-26-17(28-15)23-9-18(6-11(19)7-18)14-12(20)4-3-5-21-14/h3-5,8,11H,6-7,9H2,1-2H3,(H,23,26). The Morgan fingerprint density at radius 2 is 2.14 bits per heavy atom. The number of nitrogens with zero attached hydrogens (tertiary/aromatic N) is 5. The van der Waals surface area contributed by atoms with Gasteiger partial charge in [0, 0.05) is 24.4 Å². The molecule has 146 valence electrons. The van der Waals surface area contributed by atoms with Crippen LogP contribution in [-0.4, -0.2) is 44.1 Å². The number of pyridine rings is 1. The maximum absolute atomic E-state index is 14.2. The highest BCUT2D eigenvalue weighted by molar-refractivity contribution is 7.98. The fraction of sp³-hybridized carbons (Fsp3) is 0.389. The van der Waals surface area contributed by atoms with Crippen molar-refractivity contribution in [2.45, 2.75) is 36.5 Å². The van der Waals surface area contributed by atoms with Gasteiger partial charge in [0.05, 0.1) is 5.69 Å². The first-order valence-electron chi connectivity index (χ1n) is 8.71. The van der Waals surface area contributed by atoms with E-state index in [9.17, 15) is 8.78 Å². The van der Waals surface area contributed by atoms with Crippen LogP contribution in [0.1, 0.15) is 24.1 Å². The summed E-state index contributed by atoms with van der Waals surface area (Å²) in [7, 11) is 0. The van der Waals surface area contributed by atoms with Crippen LogP contribution in [0.15, 0.2) is 29.7 Å². The zero-order valence-electron chi connectivity index (χ0n) is 15.3. The van der Waals surface area contributed by atoms with Crippen LogP contribution < -0.4 is 5.32 Å². The summed E-state index contributed by atoms with van der Waals surface area (Å²) < 4.78 is 27.9. The number of anilines is 1. The van der Waals surface area contributed by atoms with Crippen LogP contribution in [0.25, 0.3) is 10.7 Å². The third-order valence-corrected chi connectivity index (χ3v) is 6.27. The fourth-order valence-electron chi connectivity index (χ4n) is 3.36. The predicted molar refractivity (Wildman–Crippen MR) is 106 cm³/mol. The van der Waals surface area contributed by atoms with Gasteiger partial charge >= 0.3 is 0 Å². The Labute approximate surface area is 169 Å². The molecule has 0 bridgehead atoms. The van der Waals surface area contributed by atoms with E-state index in [4.69, 9.17) is 0 Å². The van der Waals surface area contributed by atoms with Crippen molar-refractivity contribution in [1.29, 1.82) is 0 Å². The SMILES string of the molecule is CSc1ncc(C)c(-c2nnc(NCC3(c4ncccc4F)CC(F)C3)s2)n1. The molecule has 0 aromatic carbocycles. The second-order valence-electron chi connectivity index (χ2n) is 6.77. The lowest BCUT2D eigenvalue weighted by Crippen LogP contribution is -2.48. The topological polar surface area (TPSA) is 76.5 Å². The van der Waals surface area contributed by atoms with Gasteiger partial charge in [0.2, 0.25) is 5.13 Å². The minimum atomic E-state index is -0.943. The van der Waals surface area contributed by atoms with Crippen molar-refractivity contribution >= 4 is 28.2 Å². The van der Waals surface area contributed by atoms with Gasteiger partial charge in [-0.05, 0) is 43.7 Å². The molecule has 1 fully saturated rings. The molecule has 1 saturated carbocycles. The number of nitrogens with one attached hydrogen (secondary N) is 1. The first-order chi connectivity index (χ1) is 13.5. The Bertz CT molecular complexity index is 990. The zero-order valence-corrected chi connectivity index (χ0v) is 16.9. The first-order valence-corrected chi connectivity index (χ1v) is 10.8. The van der Waals surface area contributed by atoms with Gasteiger partial charge < -0.3 is 5.32 Å². The lowest BCUT2D eigenvalue weighted by atomic mass is 9.65. The Balaban J connectivity index is 1.54. The molecule has 1 aliphatic rings. The number of alkyl halides is 1. The monoisotopic (exact) mass is 420 g/mol. The molecule has 0 atom stereocenters. The Morgan fingerprint density at radius 3 is 2.86 bits per heavy atom. The number of halogens is 2. The van der Waals surface area contributed by atoms with Crippen molar-refractivity contribution < 1.29 is 8.78 Å². The molecule has 0 amide bonds. The van der Waals surface area contributed by atoms with E-state index in [-0.39, 0.29) is 12.8 Å². The molecule has 0 spiro atoms. The van der Waals surface area contributed by atoms with Gasteiger partial charge in [-0.2, -0.15) is 0 Å². The third-order valence-electron chi connectivity index (χ3n) is 4.82. The smallest absolute Gasteiger partial charge is 0.206 e. The van der Waals surface area contributed by atoms with Crippen molar-refractivity contribution in [1.82, 2.24) is 25.1 Å². The highest BCUT2D eigenvalue weighted by atomic mass is 32.2. The van der Waals surface area contributed by atoms with Crippen molar-refractivity contribution in [3.63, 3.8) is 0 Å². The van der Waals surface area contributed by atoms with Gasteiger partial charge in [-0.25, -0.2) is 18.7 Å². The summed E-state index contributed by atoms with van der Waals surface area (Å²) in [6, 6.07) is 2.90. The number of aryl methyl sites for hydroxylation is 1. The fourth-order valence-corrected chi connectivity index (χ4v) is 4.50. The number of thioether (sulfide) groups is 1. The van der Waals surface area contributed by atoms with Crippen molar-refractivity contribution in [3.8, 4) is 10.7 Å². The quantitative estimate of drug-likeness (QED) is 0.476. The minimum Gasteiger partial charge on any atom is -0.359 e. The van der Waals surface area contributed by atoms with Crippen LogP contribution >= 0.6 is 23.1 Å². The molecule has 3 aromatic heterocycles. The van der Waals surface area contributed by atoms with E-state index in [2.05, 4.69) is 30.5 Å². The molecule has 0 aliphatic heterocycles. The van der Waals surface area contributed by atoms with Gasteiger partial charge in [0.25, 0.3) is 0 Å². The minimum absolute atomic E-state index is 0.238. The Morgan fingerprint density at radius 1 is 1.32 bits per heavy atom. The molecule has 1 aliphatic carbocycles. The summed E-state index contributed by atoms with van der Waals surface area (Å²) in [6.45, 7) is 2.26. The van der Waals surface area contributed by atoms with Crippen LogP contribution in [0, 0.1) is 12.7 Å². The van der Waals surface area contributed by atoms with Crippen LogP contribution in [0.5, 0.6) is 0 Å². The second-order valence-corrected chi connectivity index (χ2v) is 8.52. The van der Waals surface area contributed by atoms with Crippen LogP contribution in [0.3, 0.4) is 0 Å². The molecule has 4 rings (SSSR count). The molecule has 6 nitrogen and oxygen atoms in total. The Kier molecular flexibility index (Phi) is 5.24. The molecule has 0 saturated heterocycles. The Hall–Kier alpha value is -2.20. The second kappa shape index (κ2) is 7.67. The highest BCUT2D eigenvalue weighted by Crippen LogP contribution is 2.45. The van der Waals surface area contributed by atoms with E-state index in [0.717, 1.165) is 11.3 Å². The molecular weight excluding hydrogens is 402 g/mol. The number of hydrogen-bond donors (Lipinski definition) is 1. The molecule has 0 unspecified atom stereocenters. The van der Waals surface area contributed by atoms with E-state index >= 15 is 0 Å². The number of rotatable bonds is 6. The van der Waals surface area contributed by atoms with Gasteiger partial charge in [-0.3, -0.25) is 4.98 Å². The summed E-state index contributed by atoms with van der Waals surface area (Å²) in [4.78, 5) is 12.9. The van der Waals surface area contributed by atoms with Crippen LogP contribution in [-0.2, 0) is 5.41 Å². The summed E-state index contributed by atoms with van der Waals surface area (Å²) >= 11 is 2.81. The maximum atomic E-state index is 14.2. The predicted octanol–water partition coefficient (Wildman–Crippen LogP) is 4.04. The largest absolute Gasteiger partial charge is 0.359 e.